The van der Waals surface area contributed by atoms with Gasteiger partial charge in [-0.05, 0) is 25.0 Å². The van der Waals surface area contributed by atoms with Crippen LogP contribution in [0.1, 0.15) is 23.3 Å². The second-order valence-corrected chi connectivity index (χ2v) is 5.52. The average Bonchev–Trinajstić information content (AvgIpc) is 3.03. The average molecular weight is 288 g/mol. The second-order valence-electron chi connectivity index (χ2n) is 4.80. The minimum absolute atomic E-state index is 0.0671. The van der Waals surface area contributed by atoms with E-state index in [0.29, 0.717) is 5.69 Å². The van der Waals surface area contributed by atoms with Gasteiger partial charge in [-0.2, -0.15) is 0 Å². The van der Waals surface area contributed by atoms with Gasteiger partial charge in [-0.25, -0.2) is 9.97 Å². The van der Waals surface area contributed by atoms with Gasteiger partial charge in [0.2, 0.25) is 0 Å². The molecule has 1 N–H and O–H groups in total. The van der Waals surface area contributed by atoms with Gasteiger partial charge in [-0.15, -0.1) is 11.3 Å². The molecule has 6 heteroatoms. The van der Waals surface area contributed by atoms with Gasteiger partial charge >= 0.3 is 0 Å². The fourth-order valence-electron chi connectivity index (χ4n) is 2.38. The van der Waals surface area contributed by atoms with E-state index in [9.17, 15) is 4.79 Å². The summed E-state index contributed by atoms with van der Waals surface area (Å²) in [7, 11) is 0. The number of aromatic nitrogens is 2. The van der Waals surface area contributed by atoms with Gasteiger partial charge in [0.05, 0.1) is 5.51 Å². The third-order valence-corrected chi connectivity index (χ3v) is 4.05. The molecule has 0 aromatic carbocycles. The lowest BCUT2D eigenvalue weighted by Gasteiger charge is -2.33. The van der Waals surface area contributed by atoms with E-state index in [2.05, 4.69) is 20.2 Å². The Kier molecular flexibility index (Phi) is 3.92. The maximum atomic E-state index is 11.9. The van der Waals surface area contributed by atoms with Gasteiger partial charge in [-0.3, -0.25) is 4.79 Å². The first-order chi connectivity index (χ1) is 9.83. The summed E-state index contributed by atoms with van der Waals surface area (Å²) < 4.78 is 0. The lowest BCUT2D eigenvalue weighted by atomic mass is 10.0. The van der Waals surface area contributed by atoms with E-state index < -0.39 is 0 Å². The zero-order valence-electron chi connectivity index (χ0n) is 11.0. The quantitative estimate of drug-likeness (QED) is 0.937. The van der Waals surface area contributed by atoms with Crippen molar-refractivity contribution in [2.75, 3.05) is 18.0 Å². The van der Waals surface area contributed by atoms with E-state index in [1.54, 1.807) is 10.9 Å². The number of rotatable bonds is 3. The van der Waals surface area contributed by atoms with Crippen LogP contribution in [0.2, 0.25) is 0 Å². The zero-order chi connectivity index (χ0) is 13.8. The molecule has 1 fully saturated rings. The van der Waals surface area contributed by atoms with Gasteiger partial charge in [0.15, 0.2) is 0 Å². The molecule has 0 unspecified atom stereocenters. The fraction of sp³-hybridized carbons (Fsp3) is 0.357. The van der Waals surface area contributed by atoms with Crippen LogP contribution in [0.25, 0.3) is 0 Å². The Morgan fingerprint density at radius 2 is 2.15 bits per heavy atom. The number of thiazole rings is 1. The topological polar surface area (TPSA) is 58.1 Å². The summed E-state index contributed by atoms with van der Waals surface area (Å²) in [6.07, 6.45) is 3.68. The Hall–Kier alpha value is -1.95. The molecule has 3 heterocycles. The highest BCUT2D eigenvalue weighted by molar-refractivity contribution is 7.07. The third-order valence-electron chi connectivity index (χ3n) is 3.47. The van der Waals surface area contributed by atoms with Crippen LogP contribution in [0.5, 0.6) is 0 Å². The van der Waals surface area contributed by atoms with Gasteiger partial charge in [-0.1, -0.05) is 6.07 Å². The van der Waals surface area contributed by atoms with Gasteiger partial charge in [0.25, 0.3) is 5.91 Å². The maximum absolute atomic E-state index is 11.9. The maximum Gasteiger partial charge on any atom is 0.270 e. The minimum atomic E-state index is -0.0671. The number of hydrogen-bond donors (Lipinski definition) is 1. The summed E-state index contributed by atoms with van der Waals surface area (Å²) in [5, 5.41) is 4.83. The molecule has 5 nitrogen and oxygen atoms in total. The van der Waals surface area contributed by atoms with Crippen molar-refractivity contribution >= 4 is 23.1 Å². The monoisotopic (exact) mass is 288 g/mol. The lowest BCUT2D eigenvalue weighted by molar-refractivity contribution is 0.0926. The molecule has 1 saturated heterocycles. The molecule has 1 amide bonds. The van der Waals surface area contributed by atoms with Crippen molar-refractivity contribution in [2.45, 2.75) is 18.9 Å². The van der Waals surface area contributed by atoms with E-state index >= 15 is 0 Å². The number of amides is 1. The summed E-state index contributed by atoms with van der Waals surface area (Å²) in [5.74, 6) is 0.944. The van der Waals surface area contributed by atoms with E-state index in [-0.39, 0.29) is 11.9 Å². The van der Waals surface area contributed by atoms with Crippen molar-refractivity contribution < 1.29 is 4.79 Å². The zero-order valence-corrected chi connectivity index (χ0v) is 11.8. The SMILES string of the molecule is O=C(NC1CCN(c2ccccn2)CC1)c1cscn1. The standard InChI is InChI=1S/C14H16N4OS/c19-14(12-9-20-10-16-12)17-11-4-7-18(8-5-11)13-3-1-2-6-15-13/h1-3,6,9-11H,4-5,7-8H2,(H,17,19). The number of carbonyl (C=O) groups is 1. The molecule has 0 atom stereocenters. The summed E-state index contributed by atoms with van der Waals surface area (Å²) in [5.41, 5.74) is 2.20. The van der Waals surface area contributed by atoms with Crippen molar-refractivity contribution in [1.29, 1.82) is 0 Å². The highest BCUT2D eigenvalue weighted by atomic mass is 32.1. The van der Waals surface area contributed by atoms with Gasteiger partial charge in [0, 0.05) is 30.7 Å². The van der Waals surface area contributed by atoms with E-state index in [1.807, 2.05) is 24.4 Å². The fourth-order valence-corrected chi connectivity index (χ4v) is 2.91. The van der Waals surface area contributed by atoms with Crippen molar-refractivity contribution in [3.63, 3.8) is 0 Å². The normalized spacial score (nSPS) is 16.1. The van der Waals surface area contributed by atoms with E-state index in [4.69, 9.17) is 0 Å². The molecule has 0 saturated carbocycles. The smallest absolute Gasteiger partial charge is 0.270 e. The molecule has 1 aliphatic rings. The van der Waals surface area contributed by atoms with Crippen LogP contribution in [-0.4, -0.2) is 35.0 Å². The van der Waals surface area contributed by atoms with Crippen LogP contribution < -0.4 is 10.2 Å². The van der Waals surface area contributed by atoms with Crippen LogP contribution in [0, 0.1) is 0 Å². The number of anilines is 1. The van der Waals surface area contributed by atoms with Crippen LogP contribution in [-0.2, 0) is 0 Å². The minimum Gasteiger partial charge on any atom is -0.356 e. The first-order valence-electron chi connectivity index (χ1n) is 6.68. The Balaban J connectivity index is 1.53. The first kappa shape index (κ1) is 13.1. The molecule has 104 valence electrons. The van der Waals surface area contributed by atoms with Crippen LogP contribution in [0.15, 0.2) is 35.3 Å². The Morgan fingerprint density at radius 1 is 1.30 bits per heavy atom. The summed E-state index contributed by atoms with van der Waals surface area (Å²) >= 11 is 1.44. The lowest BCUT2D eigenvalue weighted by Crippen LogP contribution is -2.45. The molecule has 0 aliphatic carbocycles. The Bertz CT molecular complexity index is 550. The molecular formula is C14H16N4OS. The van der Waals surface area contributed by atoms with Crippen LogP contribution in [0.3, 0.4) is 0 Å². The highest BCUT2D eigenvalue weighted by Gasteiger charge is 2.22. The third kappa shape index (κ3) is 2.96. The summed E-state index contributed by atoms with van der Waals surface area (Å²) in [4.78, 5) is 22.6. The van der Waals surface area contributed by atoms with E-state index in [1.165, 1.54) is 11.3 Å². The molecule has 2 aromatic rings. The number of nitrogens with one attached hydrogen (secondary N) is 1. The van der Waals surface area contributed by atoms with Crippen molar-refractivity contribution in [3.8, 4) is 0 Å². The van der Waals surface area contributed by atoms with Crippen LogP contribution in [0.4, 0.5) is 5.82 Å². The number of piperidine rings is 1. The number of carbonyl (C=O) groups excluding carboxylic acids is 1. The summed E-state index contributed by atoms with van der Waals surface area (Å²) in [6.45, 7) is 1.83. The molecule has 2 aromatic heterocycles. The number of nitrogens with zero attached hydrogens (tertiary/aromatic N) is 3. The van der Waals surface area contributed by atoms with Gasteiger partial charge in [0.1, 0.15) is 11.5 Å². The van der Waals surface area contributed by atoms with Crippen molar-refractivity contribution in [1.82, 2.24) is 15.3 Å². The van der Waals surface area contributed by atoms with Crippen LogP contribution >= 0.6 is 11.3 Å². The molecule has 0 radical (unpaired) electrons. The molecule has 0 spiro atoms. The molecule has 1 aliphatic heterocycles. The molecular weight excluding hydrogens is 272 g/mol. The van der Waals surface area contributed by atoms with Crippen molar-refractivity contribution in [2.24, 2.45) is 0 Å². The second kappa shape index (κ2) is 6.00. The Labute approximate surface area is 121 Å². The molecule has 3 rings (SSSR count). The van der Waals surface area contributed by atoms with E-state index in [0.717, 1.165) is 31.7 Å². The number of hydrogen-bond acceptors (Lipinski definition) is 5. The van der Waals surface area contributed by atoms with Crippen molar-refractivity contribution in [3.05, 3.63) is 41.0 Å². The Morgan fingerprint density at radius 3 is 2.80 bits per heavy atom. The largest absolute Gasteiger partial charge is 0.356 e. The number of pyridine rings is 1. The molecule has 20 heavy (non-hydrogen) atoms. The van der Waals surface area contributed by atoms with Gasteiger partial charge < -0.3 is 10.2 Å². The highest BCUT2D eigenvalue weighted by Crippen LogP contribution is 2.17. The molecule has 0 bridgehead atoms. The predicted octanol–water partition coefficient (Wildman–Crippen LogP) is 1.94. The predicted molar refractivity (Wildman–Crippen MR) is 79.1 cm³/mol. The first-order valence-corrected chi connectivity index (χ1v) is 7.62. The summed E-state index contributed by atoms with van der Waals surface area (Å²) in [6, 6.07) is 6.17.